The molecule has 1 heterocycles. The Hall–Kier alpha value is -2.29. The number of benzene rings is 1. The molecule has 0 unspecified atom stereocenters. The van der Waals surface area contributed by atoms with Gasteiger partial charge in [-0.3, -0.25) is 4.79 Å². The first kappa shape index (κ1) is 14.6. The topological polar surface area (TPSA) is 44.1 Å². The maximum absolute atomic E-state index is 12.7. The van der Waals surface area contributed by atoms with Crippen LogP contribution in [0.5, 0.6) is 0 Å². The summed E-state index contributed by atoms with van der Waals surface area (Å²) in [7, 11) is 0. The molecule has 22 heavy (non-hydrogen) atoms. The van der Waals surface area contributed by atoms with Gasteiger partial charge in [-0.2, -0.15) is 18.4 Å². The second-order valence-corrected chi connectivity index (χ2v) is 5.86. The maximum Gasteiger partial charge on any atom is 0.416 e. The fourth-order valence-corrected chi connectivity index (χ4v) is 3.08. The van der Waals surface area contributed by atoms with Gasteiger partial charge >= 0.3 is 6.18 Å². The van der Waals surface area contributed by atoms with Crippen LogP contribution in [-0.4, -0.2) is 18.9 Å². The Bertz CT molecular complexity index is 694. The summed E-state index contributed by atoms with van der Waals surface area (Å²) < 4.78 is 38.2. The maximum atomic E-state index is 12.7. The number of hydrogen-bond acceptors (Lipinski definition) is 3. The number of halogens is 3. The molecular formula is C16H13F3N2O. The Morgan fingerprint density at radius 2 is 2.00 bits per heavy atom. The zero-order chi connectivity index (χ0) is 16.0. The molecule has 1 aliphatic heterocycles. The number of rotatable bonds is 1. The van der Waals surface area contributed by atoms with Crippen molar-refractivity contribution in [3.8, 4) is 6.07 Å². The van der Waals surface area contributed by atoms with Crippen molar-refractivity contribution in [3.63, 3.8) is 0 Å². The summed E-state index contributed by atoms with van der Waals surface area (Å²) in [5.41, 5.74) is -0.232. The minimum atomic E-state index is -4.36. The molecule has 1 fully saturated rings. The van der Waals surface area contributed by atoms with E-state index in [0.29, 0.717) is 31.6 Å². The molecule has 0 amide bonds. The van der Waals surface area contributed by atoms with Crippen molar-refractivity contribution in [1.29, 1.82) is 5.26 Å². The standard InChI is InChI=1S/C16H13F3N2O/c17-16(18,19)12-2-1-3-13(6-12)21-9-15(10-21)5-4-14(22)11(7-15)8-20/h1-3,6-7H,4-5,9-10H2. The quantitative estimate of drug-likeness (QED) is 0.799. The average Bonchev–Trinajstić information content (AvgIpc) is 2.45. The Balaban J connectivity index is 1.78. The van der Waals surface area contributed by atoms with Crippen LogP contribution in [0.2, 0.25) is 0 Å². The highest BCUT2D eigenvalue weighted by Crippen LogP contribution is 2.43. The smallest absolute Gasteiger partial charge is 0.370 e. The lowest BCUT2D eigenvalue weighted by atomic mass is 9.70. The van der Waals surface area contributed by atoms with Gasteiger partial charge in [0.25, 0.3) is 0 Å². The molecule has 1 aliphatic carbocycles. The lowest BCUT2D eigenvalue weighted by molar-refractivity contribution is -0.137. The van der Waals surface area contributed by atoms with Crippen molar-refractivity contribution in [2.75, 3.05) is 18.0 Å². The van der Waals surface area contributed by atoms with Crippen molar-refractivity contribution in [3.05, 3.63) is 41.5 Å². The number of nitrogens with zero attached hydrogens (tertiary/aromatic N) is 2. The highest BCUT2D eigenvalue weighted by Gasteiger charge is 2.44. The lowest BCUT2D eigenvalue weighted by Crippen LogP contribution is -2.56. The molecule has 0 N–H and O–H groups in total. The fraction of sp³-hybridized carbons (Fsp3) is 0.375. The summed E-state index contributed by atoms with van der Waals surface area (Å²) in [5, 5.41) is 8.94. The molecule has 1 saturated heterocycles. The van der Waals surface area contributed by atoms with Gasteiger partial charge in [0.15, 0.2) is 5.78 Å². The van der Waals surface area contributed by atoms with E-state index in [0.717, 1.165) is 12.1 Å². The van der Waals surface area contributed by atoms with E-state index in [4.69, 9.17) is 5.26 Å². The van der Waals surface area contributed by atoms with Gasteiger partial charge in [-0.1, -0.05) is 12.1 Å². The van der Waals surface area contributed by atoms with E-state index in [1.54, 1.807) is 12.1 Å². The van der Waals surface area contributed by atoms with Crippen molar-refractivity contribution >= 4 is 11.5 Å². The molecule has 2 aliphatic rings. The van der Waals surface area contributed by atoms with E-state index in [-0.39, 0.29) is 16.8 Å². The molecule has 0 atom stereocenters. The highest BCUT2D eigenvalue weighted by atomic mass is 19.4. The average molecular weight is 306 g/mol. The second-order valence-electron chi connectivity index (χ2n) is 5.86. The van der Waals surface area contributed by atoms with Gasteiger partial charge in [-0.05, 0) is 24.6 Å². The Kier molecular flexibility index (Phi) is 3.24. The monoisotopic (exact) mass is 306 g/mol. The van der Waals surface area contributed by atoms with Gasteiger partial charge in [-0.15, -0.1) is 0 Å². The number of carbonyl (C=O) groups is 1. The first-order chi connectivity index (χ1) is 10.3. The summed E-state index contributed by atoms with van der Waals surface area (Å²) in [4.78, 5) is 13.4. The Labute approximate surface area is 125 Å². The van der Waals surface area contributed by atoms with Crippen LogP contribution in [0, 0.1) is 16.7 Å². The number of allylic oxidation sites excluding steroid dienone is 1. The van der Waals surface area contributed by atoms with Crippen LogP contribution >= 0.6 is 0 Å². The second kappa shape index (κ2) is 4.87. The molecule has 3 nitrogen and oxygen atoms in total. The highest BCUT2D eigenvalue weighted by molar-refractivity contribution is 6.00. The van der Waals surface area contributed by atoms with Crippen molar-refractivity contribution in [2.45, 2.75) is 19.0 Å². The SMILES string of the molecule is N#CC1=CC2(CCC1=O)CN(c1cccc(C(F)(F)F)c1)C2. The van der Waals surface area contributed by atoms with Crippen LogP contribution in [0.1, 0.15) is 18.4 Å². The third kappa shape index (κ3) is 2.47. The summed E-state index contributed by atoms with van der Waals surface area (Å²) in [5.74, 6) is -0.148. The molecule has 0 saturated carbocycles. The van der Waals surface area contributed by atoms with Gasteiger partial charge in [0.05, 0.1) is 11.1 Å². The number of Topliss-reactive ketones (excluding diaryl/α,β-unsaturated/α-hetero) is 1. The molecule has 1 spiro atoms. The minimum absolute atomic E-state index is 0.148. The number of anilines is 1. The van der Waals surface area contributed by atoms with Crippen LogP contribution in [0.15, 0.2) is 35.9 Å². The number of hydrogen-bond donors (Lipinski definition) is 0. The van der Waals surface area contributed by atoms with E-state index in [1.807, 2.05) is 11.0 Å². The summed E-state index contributed by atoms with van der Waals surface area (Å²) in [6, 6.07) is 7.12. The summed E-state index contributed by atoms with van der Waals surface area (Å²) >= 11 is 0. The van der Waals surface area contributed by atoms with Gasteiger partial charge in [0.1, 0.15) is 6.07 Å². The van der Waals surface area contributed by atoms with Crippen LogP contribution in [0.3, 0.4) is 0 Å². The van der Waals surface area contributed by atoms with Crippen molar-refractivity contribution in [1.82, 2.24) is 0 Å². The number of carbonyl (C=O) groups excluding carboxylic acids is 1. The summed E-state index contributed by atoms with van der Waals surface area (Å²) in [6.45, 7) is 1.07. The predicted molar refractivity (Wildman–Crippen MR) is 74.0 cm³/mol. The first-order valence-electron chi connectivity index (χ1n) is 6.91. The number of nitriles is 1. The van der Waals surface area contributed by atoms with E-state index >= 15 is 0 Å². The van der Waals surface area contributed by atoms with E-state index < -0.39 is 11.7 Å². The number of alkyl halides is 3. The lowest BCUT2D eigenvalue weighted by Gasteiger charge is -2.51. The molecular weight excluding hydrogens is 293 g/mol. The van der Waals surface area contributed by atoms with E-state index in [9.17, 15) is 18.0 Å². The van der Waals surface area contributed by atoms with Crippen LogP contribution in [-0.2, 0) is 11.0 Å². The van der Waals surface area contributed by atoms with Crippen LogP contribution in [0.4, 0.5) is 18.9 Å². The van der Waals surface area contributed by atoms with Gasteiger partial charge < -0.3 is 4.90 Å². The normalized spacial score (nSPS) is 20.4. The third-order valence-corrected chi connectivity index (χ3v) is 4.27. The molecule has 1 aromatic carbocycles. The molecule has 3 rings (SSSR count). The van der Waals surface area contributed by atoms with Gasteiger partial charge in [0, 0.05) is 30.6 Å². The van der Waals surface area contributed by atoms with Gasteiger partial charge in [0.2, 0.25) is 0 Å². The molecule has 6 heteroatoms. The van der Waals surface area contributed by atoms with E-state index in [1.165, 1.54) is 6.07 Å². The molecule has 0 bridgehead atoms. The zero-order valence-corrected chi connectivity index (χ0v) is 11.7. The molecule has 0 radical (unpaired) electrons. The van der Waals surface area contributed by atoms with Crippen LogP contribution < -0.4 is 4.90 Å². The van der Waals surface area contributed by atoms with Crippen LogP contribution in [0.25, 0.3) is 0 Å². The minimum Gasteiger partial charge on any atom is -0.370 e. The third-order valence-electron chi connectivity index (χ3n) is 4.27. The van der Waals surface area contributed by atoms with E-state index in [2.05, 4.69) is 0 Å². The zero-order valence-electron chi connectivity index (χ0n) is 11.7. The molecule has 114 valence electrons. The fourth-order valence-electron chi connectivity index (χ4n) is 3.08. The summed E-state index contributed by atoms with van der Waals surface area (Å²) in [6.07, 6.45) is -1.69. The van der Waals surface area contributed by atoms with Crippen molar-refractivity contribution < 1.29 is 18.0 Å². The predicted octanol–water partition coefficient (Wildman–Crippen LogP) is 3.32. The molecule has 0 aromatic heterocycles. The molecule has 1 aromatic rings. The largest absolute Gasteiger partial charge is 0.416 e. The van der Waals surface area contributed by atoms with Crippen molar-refractivity contribution in [2.24, 2.45) is 5.41 Å². The van der Waals surface area contributed by atoms with Gasteiger partial charge in [-0.25, -0.2) is 0 Å². The first-order valence-corrected chi connectivity index (χ1v) is 6.91. The Morgan fingerprint density at radius 1 is 1.27 bits per heavy atom. The number of ketones is 1. The Morgan fingerprint density at radius 3 is 2.64 bits per heavy atom.